The lowest BCUT2D eigenvalue weighted by Gasteiger charge is -2.39. The van der Waals surface area contributed by atoms with E-state index in [0.29, 0.717) is 61.0 Å². The molecule has 66 heavy (non-hydrogen) atoms. The molecule has 0 aliphatic carbocycles. The van der Waals surface area contributed by atoms with Gasteiger partial charge in [0.2, 0.25) is 11.8 Å². The van der Waals surface area contributed by atoms with Crippen molar-refractivity contribution in [2.75, 3.05) is 81.5 Å². The Kier molecular flexibility index (Phi) is 13.0. The number of hydrogen-bond acceptors (Lipinski definition) is 10. The van der Waals surface area contributed by atoms with Crippen LogP contribution >= 0.6 is 0 Å². The van der Waals surface area contributed by atoms with E-state index in [1.807, 2.05) is 37.1 Å². The zero-order valence-electron chi connectivity index (χ0n) is 38.3. The van der Waals surface area contributed by atoms with Gasteiger partial charge in [0.25, 0.3) is 11.5 Å². The van der Waals surface area contributed by atoms with E-state index >= 15 is 8.78 Å². The van der Waals surface area contributed by atoms with Gasteiger partial charge in [0.15, 0.2) is 0 Å². The van der Waals surface area contributed by atoms with Gasteiger partial charge < -0.3 is 25.0 Å². The highest BCUT2D eigenvalue weighted by Crippen LogP contribution is 2.37. The van der Waals surface area contributed by atoms with E-state index < -0.39 is 11.9 Å². The van der Waals surface area contributed by atoms with Crippen LogP contribution in [-0.4, -0.2) is 119 Å². The number of anilines is 3. The number of piperazine rings is 1. The Morgan fingerprint density at radius 2 is 1.61 bits per heavy atom. The molecular formula is C50H60F2N10O4. The minimum Gasteiger partial charge on any atom is -0.388 e. The number of likely N-dealkylation sites (tertiary alicyclic amines) is 2. The number of carbonyl (C=O) groups is 3. The molecule has 0 radical (unpaired) electrons. The molecule has 2 atom stereocenters. The highest BCUT2D eigenvalue weighted by molar-refractivity contribution is 6.01. The number of hydrogen-bond donors (Lipinski definition) is 3. The second kappa shape index (κ2) is 19.0. The number of piperidine rings is 3. The molecule has 9 rings (SSSR count). The number of aryl methyl sites for hydroxylation is 2. The molecule has 0 spiro atoms. The topological polar surface area (TPSA) is 140 Å². The average Bonchev–Trinajstić information content (AvgIpc) is 3.66. The normalized spacial score (nSPS) is 19.9. The second-order valence-corrected chi connectivity index (χ2v) is 18.6. The van der Waals surface area contributed by atoms with E-state index in [2.05, 4.69) is 53.2 Å². The number of fused-ring (bicyclic) bond motifs is 1. The Morgan fingerprint density at radius 3 is 2.29 bits per heavy atom. The van der Waals surface area contributed by atoms with Crippen LogP contribution in [0.1, 0.15) is 84.6 Å². The van der Waals surface area contributed by atoms with Crippen LogP contribution < -0.4 is 26.4 Å². The van der Waals surface area contributed by atoms with Crippen molar-refractivity contribution < 1.29 is 23.2 Å². The molecule has 4 saturated heterocycles. The third-order valence-corrected chi connectivity index (χ3v) is 14.6. The average molecular weight is 903 g/mol. The first-order valence-electron chi connectivity index (χ1n) is 23.4. The minimum absolute atomic E-state index is 0.0529. The van der Waals surface area contributed by atoms with E-state index in [4.69, 9.17) is 0 Å². The molecule has 16 heteroatoms. The van der Waals surface area contributed by atoms with E-state index in [1.165, 1.54) is 12.1 Å². The molecule has 0 bridgehead atoms. The number of halogens is 2. The first-order valence-corrected chi connectivity index (χ1v) is 23.4. The van der Waals surface area contributed by atoms with Crippen LogP contribution in [0.15, 0.2) is 71.8 Å². The highest BCUT2D eigenvalue weighted by Gasteiger charge is 2.32. The van der Waals surface area contributed by atoms with Gasteiger partial charge in [-0.1, -0.05) is 0 Å². The number of imide groups is 1. The summed E-state index contributed by atoms with van der Waals surface area (Å²) < 4.78 is 35.1. The number of benzene rings is 2. The van der Waals surface area contributed by atoms with Crippen molar-refractivity contribution in [3.8, 4) is 5.69 Å². The largest absolute Gasteiger partial charge is 0.388 e. The lowest BCUT2D eigenvalue weighted by atomic mass is 9.85. The van der Waals surface area contributed by atoms with Crippen LogP contribution in [-0.2, 0) is 16.6 Å². The molecule has 14 nitrogen and oxygen atoms in total. The van der Waals surface area contributed by atoms with E-state index in [0.717, 1.165) is 92.1 Å². The molecule has 0 saturated carbocycles. The lowest BCUT2D eigenvalue weighted by molar-refractivity contribution is -0.133. The number of amides is 3. The molecule has 348 valence electrons. The van der Waals surface area contributed by atoms with Gasteiger partial charge in [0.05, 0.1) is 11.4 Å². The summed E-state index contributed by atoms with van der Waals surface area (Å²) in [5, 5.41) is 9.30. The SMILES string of the molecule is CNc1ccn(-c2ccnc3c2cc([C@H](C)N2CCC(c4c(C)cc(C(=O)N5CCC(CN6CCN(c7ccc(N[C@@H]8CCC(=O)NC8=O)cc7F)CC6)CC5)cc4F)CC2)n3C)c(=O)c1. The minimum atomic E-state index is -0.570. The fourth-order valence-electron chi connectivity index (χ4n) is 10.8. The smallest absolute Gasteiger partial charge is 0.257 e. The molecule has 4 aliphatic rings. The summed E-state index contributed by atoms with van der Waals surface area (Å²) in [7, 11) is 3.80. The van der Waals surface area contributed by atoms with Crippen molar-refractivity contribution in [2.24, 2.45) is 13.0 Å². The van der Waals surface area contributed by atoms with Crippen molar-refractivity contribution in [3.05, 3.63) is 111 Å². The number of nitrogens with zero attached hydrogens (tertiary/aromatic N) is 7. The van der Waals surface area contributed by atoms with Crippen molar-refractivity contribution in [2.45, 2.75) is 70.4 Å². The molecule has 3 aromatic heterocycles. The van der Waals surface area contributed by atoms with Crippen LogP contribution in [0.3, 0.4) is 0 Å². The first kappa shape index (κ1) is 45.0. The van der Waals surface area contributed by atoms with E-state index in [-0.39, 0.29) is 47.4 Å². The predicted molar refractivity (Wildman–Crippen MR) is 252 cm³/mol. The molecule has 3 amide bonds. The van der Waals surface area contributed by atoms with Gasteiger partial charge in [-0.05, 0) is 131 Å². The van der Waals surface area contributed by atoms with E-state index in [9.17, 15) is 19.2 Å². The van der Waals surface area contributed by atoms with Crippen molar-refractivity contribution in [1.82, 2.24) is 34.1 Å². The van der Waals surface area contributed by atoms with Crippen molar-refractivity contribution >= 4 is 45.8 Å². The van der Waals surface area contributed by atoms with Gasteiger partial charge in [0.1, 0.15) is 23.3 Å². The summed E-state index contributed by atoms with van der Waals surface area (Å²) >= 11 is 0. The van der Waals surface area contributed by atoms with Crippen LogP contribution in [0.25, 0.3) is 16.7 Å². The summed E-state index contributed by atoms with van der Waals surface area (Å²) in [6.07, 6.45) is 7.50. The van der Waals surface area contributed by atoms with Gasteiger partial charge in [-0.25, -0.2) is 13.8 Å². The third-order valence-electron chi connectivity index (χ3n) is 14.6. The fraction of sp³-hybridized carbons (Fsp3) is 0.460. The molecule has 4 aliphatic heterocycles. The molecule has 5 aromatic rings. The molecule has 0 unspecified atom stereocenters. The van der Waals surface area contributed by atoms with Gasteiger partial charge in [0, 0.05) is 119 Å². The maximum absolute atomic E-state index is 16.1. The first-order chi connectivity index (χ1) is 31.8. The summed E-state index contributed by atoms with van der Waals surface area (Å²) in [5.74, 6) is -0.965. The third kappa shape index (κ3) is 9.17. The quantitative estimate of drug-likeness (QED) is 0.132. The summed E-state index contributed by atoms with van der Waals surface area (Å²) in [6.45, 7) is 10.9. The fourth-order valence-corrected chi connectivity index (χ4v) is 10.8. The standard InChI is InChI=1S/C50H60F2N10O4/c1-31-25-35(50(66)61-16-10-33(11-17-61)30-58-21-23-60(24-22-58)43-7-5-37(27-39(43)51)55-41-6-8-45(63)56-49(41)65)26-40(52)47(31)34-12-18-59(19-13-34)32(2)44-29-38-42(9-15-54-48(38)57(44)4)62-20-14-36(53-3)28-46(62)64/h5,7,9,14-15,20,25-29,32-34,41,53,55H,6,8,10-13,16-19,21-24,30H2,1-4H3,(H,56,63,65)/t32-,41+/m0/s1. The Labute approximate surface area is 383 Å². The van der Waals surface area contributed by atoms with Crippen LogP contribution in [0.4, 0.5) is 25.8 Å². The van der Waals surface area contributed by atoms with Crippen molar-refractivity contribution in [3.63, 3.8) is 0 Å². The summed E-state index contributed by atoms with van der Waals surface area (Å²) in [4.78, 5) is 63.8. The number of carbonyl (C=O) groups excluding carboxylic acids is 3. The monoisotopic (exact) mass is 902 g/mol. The Balaban J connectivity index is 0.749. The summed E-state index contributed by atoms with van der Waals surface area (Å²) in [5.41, 5.74) is 6.30. The molecule has 2 aromatic carbocycles. The van der Waals surface area contributed by atoms with Crippen LogP contribution in [0, 0.1) is 24.5 Å². The van der Waals surface area contributed by atoms with Gasteiger partial charge >= 0.3 is 0 Å². The Morgan fingerprint density at radius 1 is 0.848 bits per heavy atom. The van der Waals surface area contributed by atoms with Gasteiger partial charge in [-0.2, -0.15) is 0 Å². The number of nitrogens with one attached hydrogen (secondary N) is 3. The number of pyridine rings is 2. The van der Waals surface area contributed by atoms with Crippen LogP contribution in [0.2, 0.25) is 0 Å². The number of rotatable bonds is 11. The predicted octanol–water partition coefficient (Wildman–Crippen LogP) is 6.18. The Bertz CT molecular complexity index is 2670. The lowest BCUT2D eigenvalue weighted by Crippen LogP contribution is -2.49. The van der Waals surface area contributed by atoms with E-state index in [1.54, 1.807) is 42.2 Å². The molecule has 4 fully saturated rings. The Hall–Kier alpha value is -6.13. The highest BCUT2D eigenvalue weighted by atomic mass is 19.1. The maximum atomic E-state index is 16.1. The molecule has 3 N–H and O–H groups in total. The van der Waals surface area contributed by atoms with Gasteiger partial charge in [-0.15, -0.1) is 0 Å². The second-order valence-electron chi connectivity index (χ2n) is 18.6. The molecule has 7 heterocycles. The maximum Gasteiger partial charge on any atom is 0.257 e. The summed E-state index contributed by atoms with van der Waals surface area (Å²) in [6, 6.07) is 15.2. The number of aromatic nitrogens is 3. The zero-order valence-corrected chi connectivity index (χ0v) is 38.3. The zero-order chi connectivity index (χ0) is 46.2. The molecular weight excluding hydrogens is 843 g/mol. The van der Waals surface area contributed by atoms with Crippen LogP contribution in [0.5, 0.6) is 0 Å². The van der Waals surface area contributed by atoms with Crippen molar-refractivity contribution in [1.29, 1.82) is 0 Å². The van der Waals surface area contributed by atoms with Gasteiger partial charge in [-0.3, -0.25) is 38.9 Å².